The van der Waals surface area contributed by atoms with Gasteiger partial charge in [-0.05, 0) is 119 Å². The molecule has 1 aliphatic heterocycles. The van der Waals surface area contributed by atoms with E-state index in [4.69, 9.17) is 0 Å². The van der Waals surface area contributed by atoms with Crippen molar-refractivity contribution in [2.75, 3.05) is 12.4 Å². The number of aromatic nitrogens is 1. The highest BCUT2D eigenvalue weighted by Gasteiger charge is 2.51. The molecule has 0 fully saturated rings. The van der Waals surface area contributed by atoms with Gasteiger partial charge in [0, 0.05) is 40.7 Å². The van der Waals surface area contributed by atoms with Gasteiger partial charge in [0.15, 0.2) is 0 Å². The minimum atomic E-state index is -0.529. The lowest BCUT2D eigenvalue weighted by molar-refractivity contribution is 0.352. The van der Waals surface area contributed by atoms with Gasteiger partial charge < -0.3 is 20.5 Å². The molecular weight excluding hydrogens is 777 g/mol. The summed E-state index contributed by atoms with van der Waals surface area (Å²) >= 11 is 0. The minimum Gasteiger partial charge on any atom is -0.355 e. The number of rotatable bonds is 11. The van der Waals surface area contributed by atoms with E-state index in [1.807, 2.05) is 0 Å². The lowest BCUT2D eigenvalue weighted by Gasteiger charge is -2.40. The predicted molar refractivity (Wildman–Crippen MR) is 267 cm³/mol. The topological polar surface area (TPSA) is 41.0 Å². The van der Waals surface area contributed by atoms with Gasteiger partial charge >= 0.3 is 0 Å². The number of para-hydroxylation sites is 1. The molecule has 0 radical (unpaired) electrons. The molecule has 3 aliphatic carbocycles. The Kier molecular flexibility index (Phi) is 9.66. The van der Waals surface area contributed by atoms with Crippen molar-refractivity contribution in [2.24, 2.45) is 5.92 Å². The number of hydrogen-bond donors (Lipinski definition) is 3. The molecule has 12 rings (SSSR count). The Morgan fingerprint density at radius 2 is 1.39 bits per heavy atom. The van der Waals surface area contributed by atoms with Crippen molar-refractivity contribution in [1.82, 2.24) is 15.2 Å². The summed E-state index contributed by atoms with van der Waals surface area (Å²) in [6.45, 7) is 0.738. The van der Waals surface area contributed by atoms with Crippen LogP contribution in [-0.2, 0) is 12.0 Å². The van der Waals surface area contributed by atoms with Crippen LogP contribution in [0.15, 0.2) is 206 Å². The van der Waals surface area contributed by atoms with Gasteiger partial charge in [-0.3, -0.25) is 0 Å². The van der Waals surface area contributed by atoms with Crippen molar-refractivity contribution >= 4 is 27.5 Å². The predicted octanol–water partition coefficient (Wildman–Crippen LogP) is 13.7. The van der Waals surface area contributed by atoms with Crippen molar-refractivity contribution in [3.63, 3.8) is 0 Å². The summed E-state index contributed by atoms with van der Waals surface area (Å²) in [7, 11) is 2.11. The summed E-state index contributed by atoms with van der Waals surface area (Å²) in [6, 6.07) is 59.8. The molecule has 3 unspecified atom stereocenters. The smallest absolute Gasteiger partial charge is 0.0754 e. The van der Waals surface area contributed by atoms with Crippen molar-refractivity contribution in [3.05, 3.63) is 239 Å². The number of anilines is 1. The number of benzene rings is 7. The molecule has 0 amide bonds. The SMILES string of the molecule is CNC(CC(NCc1ccc2c(c1)c1c(NC3=CCCC=C3)c(-c3ccccc3)cc3c1n2-c1ccccc1C31c2ccccc2-c2ccccc21)c1ccccc1)C1C=CC=CC1. The molecule has 0 saturated carbocycles. The Balaban J connectivity index is 1.11. The second-order valence-electron chi connectivity index (χ2n) is 17.9. The van der Waals surface area contributed by atoms with Gasteiger partial charge in [-0.15, -0.1) is 0 Å². The number of allylic oxidation sites excluding steroid dienone is 6. The van der Waals surface area contributed by atoms with Crippen LogP contribution in [0, 0.1) is 5.92 Å². The Hall–Kier alpha value is -6.98. The zero-order valence-corrected chi connectivity index (χ0v) is 36.3. The van der Waals surface area contributed by atoms with E-state index in [9.17, 15) is 0 Å². The molecule has 1 spiro atoms. The van der Waals surface area contributed by atoms with Crippen molar-refractivity contribution < 1.29 is 0 Å². The molecule has 1 aromatic heterocycles. The summed E-state index contributed by atoms with van der Waals surface area (Å²) in [5.74, 6) is 0.456. The summed E-state index contributed by atoms with van der Waals surface area (Å²) < 4.78 is 2.59. The first kappa shape index (κ1) is 38.7. The van der Waals surface area contributed by atoms with E-state index in [-0.39, 0.29) is 6.04 Å². The molecule has 7 aromatic carbocycles. The Bertz CT molecular complexity index is 3160. The molecule has 8 aromatic rings. The Morgan fingerprint density at radius 3 is 2.11 bits per heavy atom. The summed E-state index contributed by atoms with van der Waals surface area (Å²) in [5, 5.41) is 14.4. The highest BCUT2D eigenvalue weighted by atomic mass is 15.0. The van der Waals surface area contributed by atoms with Gasteiger partial charge in [0.25, 0.3) is 0 Å². The maximum Gasteiger partial charge on any atom is 0.0754 e. The molecule has 312 valence electrons. The first-order chi connectivity index (χ1) is 31.7. The van der Waals surface area contributed by atoms with Gasteiger partial charge in [0.2, 0.25) is 0 Å². The third-order valence-electron chi connectivity index (χ3n) is 14.5. The van der Waals surface area contributed by atoms with E-state index >= 15 is 0 Å². The zero-order chi connectivity index (χ0) is 42.6. The lowest BCUT2D eigenvalue weighted by atomic mass is 9.65. The van der Waals surface area contributed by atoms with Gasteiger partial charge in [-0.1, -0.05) is 170 Å². The average molecular weight is 829 g/mol. The number of nitrogens with zero attached hydrogens (tertiary/aromatic N) is 1. The summed E-state index contributed by atoms with van der Waals surface area (Å²) in [5.41, 5.74) is 18.4. The van der Waals surface area contributed by atoms with E-state index in [0.29, 0.717) is 12.0 Å². The van der Waals surface area contributed by atoms with Crippen LogP contribution in [0.5, 0.6) is 0 Å². The molecule has 3 N–H and O–H groups in total. The maximum absolute atomic E-state index is 4.09. The van der Waals surface area contributed by atoms with Crippen LogP contribution >= 0.6 is 0 Å². The second-order valence-corrected chi connectivity index (χ2v) is 17.9. The van der Waals surface area contributed by atoms with Gasteiger partial charge in [-0.2, -0.15) is 0 Å². The van der Waals surface area contributed by atoms with E-state index in [0.717, 1.165) is 43.6 Å². The van der Waals surface area contributed by atoms with Gasteiger partial charge in [0.05, 0.1) is 27.8 Å². The first-order valence-electron chi connectivity index (χ1n) is 23.1. The average Bonchev–Trinajstić information content (AvgIpc) is 3.86. The molecule has 2 heterocycles. The molecular formula is C60H52N4. The Labute approximate surface area is 376 Å². The third-order valence-corrected chi connectivity index (χ3v) is 14.5. The van der Waals surface area contributed by atoms with E-state index in [1.165, 1.54) is 83.1 Å². The standard InChI is InChI=1S/C60H52N4/c1-61-53(42-22-8-3-9-23-42)38-54(43-24-10-4-11-25-43)62-39-40-34-35-55-48(36-40)57-58(63-44-26-12-5-13-27-44)47(41-20-6-2-7-21-41)37-52-59(57)64(55)56-33-19-18-32-51(56)60(52)49-30-16-14-28-45(49)46-29-15-17-31-50(46)60/h2-4,6-12,14-22,24-37,42,53-54,61-63H,5,13,23,38-39H2,1H3. The fraction of sp³-hybridized carbons (Fsp3) is 0.167. The molecule has 4 nitrogen and oxygen atoms in total. The minimum absolute atomic E-state index is 0.171. The number of fused-ring (bicyclic) bond motifs is 12. The van der Waals surface area contributed by atoms with Crippen LogP contribution in [0.1, 0.15) is 65.1 Å². The lowest BCUT2D eigenvalue weighted by Crippen LogP contribution is -2.37. The molecule has 4 heteroatoms. The fourth-order valence-corrected chi connectivity index (χ4v) is 11.6. The number of hydrogen-bond acceptors (Lipinski definition) is 3. The molecule has 0 saturated heterocycles. The normalized spacial score (nSPS) is 17.3. The van der Waals surface area contributed by atoms with E-state index in [2.05, 4.69) is 228 Å². The fourth-order valence-electron chi connectivity index (χ4n) is 11.6. The van der Waals surface area contributed by atoms with E-state index in [1.54, 1.807) is 0 Å². The van der Waals surface area contributed by atoms with Crippen molar-refractivity contribution in [3.8, 4) is 27.9 Å². The van der Waals surface area contributed by atoms with Crippen LogP contribution in [0.3, 0.4) is 0 Å². The molecule has 64 heavy (non-hydrogen) atoms. The largest absolute Gasteiger partial charge is 0.355 e. The molecule has 0 bridgehead atoms. The summed E-state index contributed by atoms with van der Waals surface area (Å²) in [6.07, 6.45) is 20.1. The van der Waals surface area contributed by atoms with Crippen LogP contribution < -0.4 is 16.0 Å². The van der Waals surface area contributed by atoms with Crippen LogP contribution in [0.2, 0.25) is 0 Å². The maximum atomic E-state index is 4.09. The Morgan fingerprint density at radius 1 is 0.672 bits per heavy atom. The van der Waals surface area contributed by atoms with Crippen molar-refractivity contribution in [2.45, 2.75) is 49.7 Å². The quantitative estimate of drug-likeness (QED) is 0.122. The zero-order valence-electron chi connectivity index (χ0n) is 36.3. The van der Waals surface area contributed by atoms with Crippen LogP contribution in [0.4, 0.5) is 5.69 Å². The number of nitrogens with one attached hydrogen (secondary N) is 3. The third kappa shape index (κ3) is 6.12. The van der Waals surface area contributed by atoms with Crippen molar-refractivity contribution in [1.29, 1.82) is 0 Å². The first-order valence-corrected chi connectivity index (χ1v) is 23.1. The monoisotopic (exact) mass is 828 g/mol. The highest BCUT2D eigenvalue weighted by Crippen LogP contribution is 2.62. The summed E-state index contributed by atoms with van der Waals surface area (Å²) in [4.78, 5) is 0. The van der Waals surface area contributed by atoms with Gasteiger partial charge in [-0.25, -0.2) is 0 Å². The second kappa shape index (κ2) is 16.0. The van der Waals surface area contributed by atoms with E-state index < -0.39 is 5.41 Å². The van der Waals surface area contributed by atoms with Gasteiger partial charge in [0.1, 0.15) is 0 Å². The van der Waals surface area contributed by atoms with Crippen LogP contribution in [-0.4, -0.2) is 17.7 Å². The highest BCUT2D eigenvalue weighted by molar-refractivity contribution is 6.21. The van der Waals surface area contributed by atoms with Crippen LogP contribution in [0.25, 0.3) is 49.7 Å². The molecule has 3 atom stereocenters. The molecule has 4 aliphatic rings.